The summed E-state index contributed by atoms with van der Waals surface area (Å²) in [7, 11) is 6.85. The maximum Gasteiger partial charge on any atom is 0.330 e. The number of methoxy groups -OCH3 is 2. The number of hydrogen-bond donors (Lipinski definition) is 2. The maximum absolute atomic E-state index is 13.2. The maximum atomic E-state index is 13.2. The first-order chi connectivity index (χ1) is 25.0. The highest BCUT2D eigenvalue weighted by Crippen LogP contribution is 2.43. The summed E-state index contributed by atoms with van der Waals surface area (Å²) in [6.45, 7) is 1.90. The van der Waals surface area contributed by atoms with Gasteiger partial charge < -0.3 is 38.4 Å². The normalized spacial score (nSPS) is 18.7. The molecule has 1 saturated heterocycles. The second-order valence-corrected chi connectivity index (χ2v) is 12.5. The van der Waals surface area contributed by atoms with E-state index in [-0.39, 0.29) is 18.8 Å². The zero-order chi connectivity index (χ0) is 37.4. The minimum atomic E-state index is -1.38. The number of carbonyl (C=O) groups excluding carboxylic acids is 1. The van der Waals surface area contributed by atoms with E-state index in [4.69, 9.17) is 28.4 Å². The average molecular weight is 718 g/mol. The topological polar surface area (TPSA) is 168 Å². The SMILES string of the molecule is COc1ccc(C(OC[C@H]2O[C@@H](n3cc(C)c(=O)[nH]c3=O)[C@H](OCCN(C)C)[C@@H]2OC(=O)CC(=O)O)(c2ccccc2)c2ccc(OC)cc2)cc1. The molecule has 4 atom stereocenters. The third-order valence-corrected chi connectivity index (χ3v) is 8.75. The summed E-state index contributed by atoms with van der Waals surface area (Å²) in [6, 6.07) is 24.3. The van der Waals surface area contributed by atoms with Gasteiger partial charge in [0.1, 0.15) is 35.7 Å². The number of likely N-dealkylation sites (N-methyl/N-ethyl adjacent to an activating group) is 1. The van der Waals surface area contributed by atoms with Crippen molar-refractivity contribution in [2.24, 2.45) is 0 Å². The summed E-state index contributed by atoms with van der Waals surface area (Å²) >= 11 is 0. The second-order valence-electron chi connectivity index (χ2n) is 12.5. The van der Waals surface area contributed by atoms with Crippen LogP contribution in [0.25, 0.3) is 0 Å². The third-order valence-electron chi connectivity index (χ3n) is 8.75. The Morgan fingerprint density at radius 3 is 2.00 bits per heavy atom. The van der Waals surface area contributed by atoms with E-state index in [2.05, 4.69) is 4.98 Å². The Morgan fingerprint density at radius 1 is 0.885 bits per heavy atom. The van der Waals surface area contributed by atoms with Crippen LogP contribution in [-0.4, -0.2) is 97.9 Å². The van der Waals surface area contributed by atoms with E-state index in [9.17, 15) is 24.3 Å². The number of aromatic nitrogens is 2. The molecule has 3 aromatic carbocycles. The van der Waals surface area contributed by atoms with Crippen molar-refractivity contribution in [3.63, 3.8) is 0 Å². The number of nitrogens with zero attached hydrogens (tertiary/aromatic N) is 2. The first-order valence-corrected chi connectivity index (χ1v) is 16.6. The van der Waals surface area contributed by atoms with E-state index in [1.54, 1.807) is 14.2 Å². The minimum absolute atomic E-state index is 0.140. The number of hydrogen-bond acceptors (Lipinski definition) is 11. The van der Waals surface area contributed by atoms with Crippen molar-refractivity contribution < 1.29 is 43.1 Å². The molecular weight excluding hydrogens is 674 g/mol. The molecule has 1 aliphatic rings. The smallest absolute Gasteiger partial charge is 0.330 e. The van der Waals surface area contributed by atoms with Crippen molar-refractivity contribution in [2.75, 3.05) is 48.1 Å². The van der Waals surface area contributed by atoms with E-state index in [0.717, 1.165) is 16.7 Å². The number of nitrogens with one attached hydrogen (secondary N) is 1. The van der Waals surface area contributed by atoms with Gasteiger partial charge in [-0.3, -0.25) is 23.9 Å². The Balaban J connectivity index is 1.64. The largest absolute Gasteiger partial charge is 0.497 e. The summed E-state index contributed by atoms with van der Waals surface area (Å²) < 4.78 is 37.7. The number of H-pyrrole nitrogens is 1. The van der Waals surface area contributed by atoms with Crippen LogP contribution in [0.3, 0.4) is 0 Å². The Morgan fingerprint density at radius 2 is 1.46 bits per heavy atom. The Hall–Kier alpha value is -5.28. The van der Waals surface area contributed by atoms with Crippen molar-refractivity contribution in [2.45, 2.75) is 43.5 Å². The lowest BCUT2D eigenvalue weighted by molar-refractivity contribution is -0.164. The Labute approximate surface area is 300 Å². The standard InChI is InChI=1S/C38H43N3O11/c1-24-22-41(37(46)39-35(24)45)36-34(49-20-19-40(2)3)33(52-32(44)21-31(42)43)30(51-36)23-50-38(25-9-7-6-8-10-25,26-11-15-28(47-4)16-12-26)27-13-17-29(48-5)18-14-27/h6-18,22,30,33-34,36H,19-21,23H2,1-5H3,(H,42,43)(H,39,45,46)/t30-,33-,34-,36-/m1/s1. The van der Waals surface area contributed by atoms with Crippen molar-refractivity contribution in [3.05, 3.63) is 128 Å². The fourth-order valence-corrected chi connectivity index (χ4v) is 6.13. The highest BCUT2D eigenvalue weighted by molar-refractivity contribution is 5.90. The van der Waals surface area contributed by atoms with Crippen molar-refractivity contribution in [1.29, 1.82) is 0 Å². The van der Waals surface area contributed by atoms with Gasteiger partial charge in [-0.05, 0) is 62.0 Å². The molecule has 1 aliphatic heterocycles. The van der Waals surface area contributed by atoms with Gasteiger partial charge in [0, 0.05) is 18.3 Å². The number of ether oxygens (including phenoxy) is 6. The van der Waals surface area contributed by atoms with Gasteiger partial charge in [0.25, 0.3) is 5.56 Å². The molecule has 0 radical (unpaired) electrons. The summed E-state index contributed by atoms with van der Waals surface area (Å²) in [5.41, 5.74) is -0.185. The molecule has 52 heavy (non-hydrogen) atoms. The van der Waals surface area contributed by atoms with Crippen LogP contribution < -0.4 is 20.7 Å². The molecule has 14 nitrogen and oxygen atoms in total. The minimum Gasteiger partial charge on any atom is -0.497 e. The third kappa shape index (κ3) is 8.43. The van der Waals surface area contributed by atoms with Crippen LogP contribution >= 0.6 is 0 Å². The summed E-state index contributed by atoms with van der Waals surface area (Å²) in [5.74, 6) is -1.15. The molecule has 0 saturated carbocycles. The van der Waals surface area contributed by atoms with Gasteiger partial charge in [-0.25, -0.2) is 4.79 Å². The number of esters is 1. The van der Waals surface area contributed by atoms with Gasteiger partial charge in [-0.1, -0.05) is 54.6 Å². The molecule has 276 valence electrons. The highest BCUT2D eigenvalue weighted by Gasteiger charge is 2.51. The lowest BCUT2D eigenvalue weighted by Gasteiger charge is -2.37. The molecule has 2 heterocycles. The second kappa shape index (κ2) is 16.8. The molecule has 1 aromatic heterocycles. The molecule has 1 fully saturated rings. The molecule has 0 amide bonds. The number of carboxylic acids is 1. The molecule has 4 aromatic rings. The van der Waals surface area contributed by atoms with Crippen LogP contribution in [-0.2, 0) is 34.1 Å². The molecular formula is C38H43N3O11. The van der Waals surface area contributed by atoms with Crippen LogP contribution in [0.5, 0.6) is 11.5 Å². The van der Waals surface area contributed by atoms with Gasteiger partial charge >= 0.3 is 17.6 Å². The number of aliphatic carboxylic acids is 1. The number of rotatable bonds is 16. The lowest BCUT2D eigenvalue weighted by Crippen LogP contribution is -2.44. The van der Waals surface area contributed by atoms with Crippen LogP contribution in [0, 0.1) is 6.92 Å². The fourth-order valence-electron chi connectivity index (χ4n) is 6.13. The summed E-state index contributed by atoms with van der Waals surface area (Å²) in [5, 5.41) is 9.39. The van der Waals surface area contributed by atoms with Crippen molar-refractivity contribution in [1.82, 2.24) is 14.5 Å². The number of benzene rings is 3. The Bertz CT molecular complexity index is 1880. The fraction of sp³-hybridized carbons (Fsp3) is 0.368. The predicted molar refractivity (Wildman–Crippen MR) is 189 cm³/mol. The van der Waals surface area contributed by atoms with Crippen molar-refractivity contribution >= 4 is 11.9 Å². The number of carbonyl (C=O) groups is 2. The van der Waals surface area contributed by atoms with Crippen LogP contribution in [0.1, 0.15) is 34.9 Å². The quantitative estimate of drug-likeness (QED) is 0.0989. The number of carboxylic acid groups (broad SMARTS) is 1. The zero-order valence-electron chi connectivity index (χ0n) is 29.6. The van der Waals surface area contributed by atoms with E-state index < -0.39 is 59.7 Å². The van der Waals surface area contributed by atoms with Gasteiger partial charge in [-0.2, -0.15) is 0 Å². The molecule has 0 spiro atoms. The lowest BCUT2D eigenvalue weighted by atomic mass is 9.80. The first-order valence-electron chi connectivity index (χ1n) is 16.6. The molecule has 0 bridgehead atoms. The highest BCUT2D eigenvalue weighted by atomic mass is 16.6. The molecule has 5 rings (SSSR count). The zero-order valence-corrected chi connectivity index (χ0v) is 29.6. The van der Waals surface area contributed by atoms with E-state index in [1.807, 2.05) is 97.9 Å². The molecule has 14 heteroatoms. The number of aryl methyl sites for hydroxylation is 1. The van der Waals surface area contributed by atoms with Crippen LogP contribution in [0.15, 0.2) is 94.6 Å². The number of aromatic amines is 1. The van der Waals surface area contributed by atoms with Gasteiger partial charge in [0.15, 0.2) is 12.3 Å². The summed E-state index contributed by atoms with van der Waals surface area (Å²) in [4.78, 5) is 54.2. The Kier molecular flexibility index (Phi) is 12.3. The van der Waals surface area contributed by atoms with Gasteiger partial charge in [0.05, 0.1) is 27.4 Å². The van der Waals surface area contributed by atoms with E-state index in [0.29, 0.717) is 18.0 Å². The first kappa shape index (κ1) is 38.0. The average Bonchev–Trinajstić information content (AvgIpc) is 3.46. The summed E-state index contributed by atoms with van der Waals surface area (Å²) in [6.07, 6.45) is -4.21. The van der Waals surface area contributed by atoms with E-state index in [1.165, 1.54) is 17.7 Å². The molecule has 0 aliphatic carbocycles. The molecule has 0 unspecified atom stereocenters. The monoisotopic (exact) mass is 717 g/mol. The van der Waals surface area contributed by atoms with E-state index >= 15 is 0 Å². The van der Waals surface area contributed by atoms with Crippen LogP contribution in [0.2, 0.25) is 0 Å². The predicted octanol–water partition coefficient (Wildman–Crippen LogP) is 3.10. The van der Waals surface area contributed by atoms with Crippen LogP contribution in [0.4, 0.5) is 0 Å². The molecule has 2 N–H and O–H groups in total. The van der Waals surface area contributed by atoms with Crippen molar-refractivity contribution in [3.8, 4) is 11.5 Å². The van der Waals surface area contributed by atoms with Gasteiger partial charge in [0.2, 0.25) is 0 Å². The van der Waals surface area contributed by atoms with Gasteiger partial charge in [-0.15, -0.1) is 0 Å².